The van der Waals surface area contributed by atoms with Crippen LogP contribution >= 0.6 is 11.8 Å². The van der Waals surface area contributed by atoms with Gasteiger partial charge in [-0.2, -0.15) is 0 Å². The molecule has 4 unspecified atom stereocenters. The first kappa shape index (κ1) is 35.9. The van der Waals surface area contributed by atoms with Crippen molar-refractivity contribution in [3.05, 3.63) is 168 Å². The largest absolute Gasteiger partial charge is 0.457 e. The van der Waals surface area contributed by atoms with Crippen LogP contribution in [0.25, 0.3) is 11.1 Å². The lowest BCUT2D eigenvalue weighted by molar-refractivity contribution is -0.268. The summed E-state index contributed by atoms with van der Waals surface area (Å²) in [4.78, 5) is 21.6. The molecule has 0 spiro atoms. The zero-order valence-corrected chi connectivity index (χ0v) is 30.0. The van der Waals surface area contributed by atoms with Crippen LogP contribution in [0, 0.1) is 5.92 Å². The van der Waals surface area contributed by atoms with Crippen molar-refractivity contribution in [1.82, 2.24) is 15.3 Å². The van der Waals surface area contributed by atoms with Gasteiger partial charge in [-0.25, -0.2) is 14.8 Å². The summed E-state index contributed by atoms with van der Waals surface area (Å²) in [6, 6.07) is 42.4. The Balaban J connectivity index is 1.01. The zero-order valence-electron chi connectivity index (χ0n) is 29.2. The molecule has 1 saturated heterocycles. The minimum Gasteiger partial charge on any atom is -0.457 e. The Bertz CT molecular complexity index is 2070. The van der Waals surface area contributed by atoms with Crippen LogP contribution in [0.4, 0.5) is 10.5 Å². The average Bonchev–Trinajstić information content (AvgIpc) is 3.21. The van der Waals surface area contributed by atoms with Crippen molar-refractivity contribution in [3.8, 4) is 22.6 Å². The summed E-state index contributed by atoms with van der Waals surface area (Å²) in [5.41, 5.74) is 6.45. The van der Waals surface area contributed by atoms with Crippen molar-refractivity contribution in [1.29, 1.82) is 0 Å². The monoisotopic (exact) mass is 724 g/mol. The molecular formula is C43H40N4O5S. The van der Waals surface area contributed by atoms with Crippen LogP contribution in [-0.4, -0.2) is 33.0 Å². The summed E-state index contributed by atoms with van der Waals surface area (Å²) in [6.45, 7) is 2.47. The number of anilines is 1. The number of nitrogens with one attached hydrogen (secondary N) is 2. The maximum absolute atomic E-state index is 12.9. The van der Waals surface area contributed by atoms with E-state index in [1.165, 1.54) is 0 Å². The number of para-hydroxylation sites is 1. The molecule has 7 rings (SSSR count). The van der Waals surface area contributed by atoms with Crippen LogP contribution in [0.1, 0.15) is 41.6 Å². The molecule has 1 aliphatic heterocycles. The maximum atomic E-state index is 12.9. The standard InChI is InChI=1S/C43H40N4O5S/c1-29-39(28-53-43-44-24-7-25-45-43)51-41(52-40(29)32-14-12-30(27-48)13-15-32)33-18-16-31(17-19-33)38-11-6-5-8-34(38)26-46-42(49)47-35-20-22-37(23-21-35)50-36-9-3-2-4-10-36/h2-25,29,39-41,48H,26-28H2,1H3,(H2,46,47,49). The van der Waals surface area contributed by atoms with E-state index < -0.39 is 6.29 Å². The Kier molecular flexibility index (Phi) is 11.7. The third-order valence-corrected chi connectivity index (χ3v) is 10.0. The lowest BCUT2D eigenvalue weighted by Gasteiger charge is -2.41. The van der Waals surface area contributed by atoms with Crippen molar-refractivity contribution >= 4 is 23.5 Å². The van der Waals surface area contributed by atoms with E-state index in [1.54, 1.807) is 30.2 Å². The van der Waals surface area contributed by atoms with E-state index in [9.17, 15) is 9.90 Å². The number of thioether (sulfide) groups is 1. The van der Waals surface area contributed by atoms with E-state index in [1.807, 2.05) is 109 Å². The average molecular weight is 725 g/mol. The van der Waals surface area contributed by atoms with Gasteiger partial charge in [-0.15, -0.1) is 0 Å². The van der Waals surface area contributed by atoms with Crippen molar-refractivity contribution in [2.24, 2.45) is 5.92 Å². The number of nitrogens with zero attached hydrogens (tertiary/aromatic N) is 2. The Labute approximate surface area is 313 Å². The smallest absolute Gasteiger partial charge is 0.319 e. The fourth-order valence-corrected chi connectivity index (χ4v) is 7.15. The molecule has 6 aromatic rings. The predicted octanol–water partition coefficient (Wildman–Crippen LogP) is 9.33. The topological polar surface area (TPSA) is 115 Å². The highest BCUT2D eigenvalue weighted by Gasteiger charge is 2.38. The summed E-state index contributed by atoms with van der Waals surface area (Å²) in [5.74, 6) is 2.14. The van der Waals surface area contributed by atoms with E-state index in [0.717, 1.165) is 39.1 Å². The van der Waals surface area contributed by atoms with Crippen molar-refractivity contribution < 1.29 is 24.1 Å². The first-order valence-corrected chi connectivity index (χ1v) is 18.5. The molecule has 3 N–H and O–H groups in total. The number of urea groups is 1. The Hall–Kier alpha value is -5.52. The minimum atomic E-state index is -0.593. The summed E-state index contributed by atoms with van der Waals surface area (Å²) in [5, 5.41) is 16.2. The summed E-state index contributed by atoms with van der Waals surface area (Å²) in [7, 11) is 0. The minimum absolute atomic E-state index is 0.0113. The fourth-order valence-electron chi connectivity index (χ4n) is 6.18. The van der Waals surface area contributed by atoms with Crippen molar-refractivity contribution in [2.45, 2.75) is 43.7 Å². The highest BCUT2D eigenvalue weighted by atomic mass is 32.2. The molecule has 1 aliphatic rings. The maximum Gasteiger partial charge on any atom is 0.319 e. The molecule has 268 valence electrons. The van der Waals surface area contributed by atoms with Gasteiger partial charge in [-0.1, -0.05) is 110 Å². The van der Waals surface area contributed by atoms with Gasteiger partial charge in [-0.3, -0.25) is 0 Å². The van der Waals surface area contributed by atoms with Gasteiger partial charge in [0.15, 0.2) is 11.4 Å². The second-order valence-electron chi connectivity index (χ2n) is 12.7. The Morgan fingerprint density at radius 2 is 1.45 bits per heavy atom. The number of aromatic nitrogens is 2. The van der Waals surface area contributed by atoms with Gasteiger partial charge in [-0.05, 0) is 70.3 Å². The van der Waals surface area contributed by atoms with Crippen LogP contribution in [0.5, 0.6) is 11.5 Å². The molecule has 2 heterocycles. The zero-order chi connectivity index (χ0) is 36.4. The van der Waals surface area contributed by atoms with Gasteiger partial charge in [0.25, 0.3) is 0 Å². The van der Waals surface area contributed by atoms with Gasteiger partial charge in [0.05, 0.1) is 18.8 Å². The second kappa shape index (κ2) is 17.3. The highest BCUT2D eigenvalue weighted by molar-refractivity contribution is 7.99. The third-order valence-electron chi connectivity index (χ3n) is 9.08. The van der Waals surface area contributed by atoms with Gasteiger partial charge in [0.1, 0.15) is 11.5 Å². The highest BCUT2D eigenvalue weighted by Crippen LogP contribution is 2.43. The quantitative estimate of drug-likeness (QED) is 0.0845. The first-order chi connectivity index (χ1) is 26.0. The molecule has 0 saturated carbocycles. The molecule has 9 nitrogen and oxygen atoms in total. The van der Waals surface area contributed by atoms with Crippen molar-refractivity contribution in [3.63, 3.8) is 0 Å². The van der Waals surface area contributed by atoms with Crippen LogP contribution in [0.15, 0.2) is 151 Å². The Morgan fingerprint density at radius 3 is 2.19 bits per heavy atom. The fraction of sp³-hybridized carbons (Fsp3) is 0.186. The predicted molar refractivity (Wildman–Crippen MR) is 206 cm³/mol. The van der Waals surface area contributed by atoms with Crippen LogP contribution in [0.2, 0.25) is 0 Å². The first-order valence-electron chi connectivity index (χ1n) is 17.5. The molecule has 53 heavy (non-hydrogen) atoms. The lowest BCUT2D eigenvalue weighted by atomic mass is 9.91. The van der Waals surface area contributed by atoms with Gasteiger partial charge >= 0.3 is 6.03 Å². The summed E-state index contributed by atoms with van der Waals surface area (Å²) >= 11 is 1.56. The normalized spacial score (nSPS) is 18.2. The molecule has 0 aliphatic carbocycles. The lowest BCUT2D eigenvalue weighted by Crippen LogP contribution is -2.38. The molecule has 4 atom stereocenters. The van der Waals surface area contributed by atoms with E-state index in [2.05, 4.69) is 45.7 Å². The number of hydrogen-bond acceptors (Lipinski definition) is 8. The number of aliphatic hydroxyl groups is 1. The number of carbonyl (C=O) groups excluding carboxylic acids is 1. The molecule has 5 aromatic carbocycles. The van der Waals surface area contributed by atoms with Crippen molar-refractivity contribution in [2.75, 3.05) is 11.1 Å². The van der Waals surface area contributed by atoms with Crippen LogP contribution in [-0.2, 0) is 22.6 Å². The second-order valence-corrected chi connectivity index (χ2v) is 13.7. The number of hydrogen-bond donors (Lipinski definition) is 3. The van der Waals surface area contributed by atoms with Crippen LogP contribution < -0.4 is 15.4 Å². The van der Waals surface area contributed by atoms with E-state index >= 15 is 0 Å². The third kappa shape index (κ3) is 9.29. The molecule has 0 radical (unpaired) electrons. The molecule has 10 heteroatoms. The van der Waals surface area contributed by atoms with E-state index in [-0.39, 0.29) is 30.8 Å². The summed E-state index contributed by atoms with van der Waals surface area (Å²) in [6.07, 6.45) is 2.53. The number of ether oxygens (including phenoxy) is 3. The molecule has 0 bridgehead atoms. The van der Waals surface area contributed by atoms with Gasteiger partial charge < -0.3 is 30.0 Å². The SMILES string of the molecule is CC1C(CSc2ncccn2)OC(c2ccc(-c3ccccc3CNC(=O)Nc3ccc(Oc4ccccc4)cc3)cc2)OC1c1ccc(CO)cc1. The Morgan fingerprint density at radius 1 is 0.774 bits per heavy atom. The van der Waals surface area contributed by atoms with Gasteiger partial charge in [0.2, 0.25) is 0 Å². The molecule has 1 fully saturated rings. The van der Waals surface area contributed by atoms with E-state index in [4.69, 9.17) is 14.2 Å². The molecule has 2 amide bonds. The van der Waals surface area contributed by atoms with E-state index in [0.29, 0.717) is 28.9 Å². The molecule has 1 aromatic heterocycles. The number of rotatable bonds is 12. The number of carbonyl (C=O) groups is 1. The number of benzene rings is 5. The number of amides is 2. The van der Waals surface area contributed by atoms with Crippen LogP contribution in [0.3, 0.4) is 0 Å². The number of aliphatic hydroxyl groups excluding tert-OH is 1. The summed E-state index contributed by atoms with van der Waals surface area (Å²) < 4.78 is 19.1. The molecular weight excluding hydrogens is 685 g/mol. The van der Waals surface area contributed by atoms with Gasteiger partial charge in [0, 0.05) is 41.9 Å².